The largest absolute Gasteiger partial charge is 0.479 e. The first-order valence-electron chi connectivity index (χ1n) is 11.1. The van der Waals surface area contributed by atoms with E-state index in [9.17, 15) is 14.4 Å². The molecule has 35 heavy (non-hydrogen) atoms. The van der Waals surface area contributed by atoms with E-state index in [1.807, 2.05) is 73.6 Å². The molecule has 3 aromatic carbocycles. The first kappa shape index (κ1) is 24.3. The van der Waals surface area contributed by atoms with Gasteiger partial charge in [-0.1, -0.05) is 48.5 Å². The van der Waals surface area contributed by atoms with Crippen molar-refractivity contribution >= 4 is 40.5 Å². The van der Waals surface area contributed by atoms with Crippen LogP contribution in [0.4, 0.5) is 10.5 Å². The zero-order chi connectivity index (χ0) is 25.2. The van der Waals surface area contributed by atoms with Crippen LogP contribution in [0.2, 0.25) is 0 Å². The summed E-state index contributed by atoms with van der Waals surface area (Å²) in [6, 6.07) is 22.7. The molecule has 178 valence electrons. The molecule has 7 heteroatoms. The van der Waals surface area contributed by atoms with Gasteiger partial charge >= 0.3 is 0 Å². The Balaban J connectivity index is 1.73. The zero-order valence-corrected chi connectivity index (χ0v) is 20.8. The Morgan fingerprint density at radius 3 is 2.20 bits per heavy atom. The zero-order valence-electron chi connectivity index (χ0n) is 20.0. The van der Waals surface area contributed by atoms with E-state index < -0.39 is 16.7 Å². The summed E-state index contributed by atoms with van der Waals surface area (Å²) in [5.41, 5.74) is 2.96. The molecule has 0 radical (unpaired) electrons. The number of Topliss-reactive ketones (excluding diaryl/α,β-unsaturated/α-hetero) is 1. The van der Waals surface area contributed by atoms with Crippen molar-refractivity contribution in [2.24, 2.45) is 0 Å². The Morgan fingerprint density at radius 2 is 1.60 bits per heavy atom. The predicted molar refractivity (Wildman–Crippen MR) is 141 cm³/mol. The van der Waals surface area contributed by atoms with E-state index in [0.717, 1.165) is 28.6 Å². The fourth-order valence-electron chi connectivity index (χ4n) is 3.71. The molecule has 1 saturated heterocycles. The normalized spacial score (nSPS) is 14.7. The molecule has 1 aliphatic heterocycles. The molecule has 4 rings (SSSR count). The van der Waals surface area contributed by atoms with E-state index in [2.05, 4.69) is 5.32 Å². The summed E-state index contributed by atoms with van der Waals surface area (Å²) in [6.07, 6.45) is 1.63. The van der Waals surface area contributed by atoms with E-state index in [1.165, 1.54) is 0 Å². The number of ketones is 1. The Hall–Kier alpha value is -3.84. The molecular formula is C28H26N2O4S. The van der Waals surface area contributed by atoms with Crippen molar-refractivity contribution in [2.45, 2.75) is 19.4 Å². The highest BCUT2D eigenvalue weighted by Gasteiger charge is 2.32. The van der Waals surface area contributed by atoms with E-state index in [-0.39, 0.29) is 10.7 Å². The lowest BCUT2D eigenvalue weighted by Gasteiger charge is -2.26. The van der Waals surface area contributed by atoms with Crippen molar-refractivity contribution in [3.05, 3.63) is 88.8 Å². The van der Waals surface area contributed by atoms with Crippen LogP contribution in [0.3, 0.4) is 0 Å². The summed E-state index contributed by atoms with van der Waals surface area (Å²) < 4.78 is 6.24. The number of carbonyl (C=O) groups is 3. The Labute approximate surface area is 209 Å². The molecule has 0 atom stereocenters. The maximum Gasteiger partial charge on any atom is 0.290 e. The van der Waals surface area contributed by atoms with Gasteiger partial charge in [0.15, 0.2) is 5.60 Å². The smallest absolute Gasteiger partial charge is 0.290 e. The number of benzene rings is 3. The monoisotopic (exact) mass is 486 g/mol. The van der Waals surface area contributed by atoms with Gasteiger partial charge in [-0.3, -0.25) is 19.7 Å². The van der Waals surface area contributed by atoms with Crippen LogP contribution >= 0.6 is 11.8 Å². The summed E-state index contributed by atoms with van der Waals surface area (Å²) in [4.78, 5) is 39.3. The highest BCUT2D eigenvalue weighted by atomic mass is 32.2. The van der Waals surface area contributed by atoms with Gasteiger partial charge in [0.25, 0.3) is 11.1 Å². The lowest BCUT2D eigenvalue weighted by atomic mass is 9.96. The quantitative estimate of drug-likeness (QED) is 0.337. The maximum atomic E-state index is 13.1. The average Bonchev–Trinajstić information content (AvgIpc) is 3.16. The van der Waals surface area contributed by atoms with Gasteiger partial charge in [-0.2, -0.15) is 0 Å². The van der Waals surface area contributed by atoms with Gasteiger partial charge in [0, 0.05) is 30.9 Å². The Kier molecular flexibility index (Phi) is 6.80. The molecule has 6 nitrogen and oxygen atoms in total. The summed E-state index contributed by atoms with van der Waals surface area (Å²) in [7, 11) is 3.96. The van der Waals surface area contributed by atoms with Gasteiger partial charge in [-0.15, -0.1) is 0 Å². The SMILES string of the molecule is CN(C)c1ccc(-c2ccc(OC(C)(C)C(=O)c3ccccc3)c(/C=C3/SC(=O)NC3=O)c2)cc1. The van der Waals surface area contributed by atoms with E-state index >= 15 is 0 Å². The van der Waals surface area contributed by atoms with Gasteiger partial charge in [0.2, 0.25) is 5.78 Å². The standard InChI is InChI=1S/C28H26N2O4S/c1-28(2,25(31)19-8-6-5-7-9-19)34-23-15-12-20(18-10-13-22(14-11-18)30(3)4)16-21(23)17-24-26(32)29-27(33)35-24/h5-17H,1-4H3,(H,29,32,33)/b24-17+. The second kappa shape index (κ2) is 9.80. The first-order chi connectivity index (χ1) is 16.6. The third kappa shape index (κ3) is 5.46. The molecule has 0 spiro atoms. The minimum atomic E-state index is -1.16. The van der Waals surface area contributed by atoms with Crippen LogP contribution in [0.15, 0.2) is 77.7 Å². The molecule has 1 heterocycles. The van der Waals surface area contributed by atoms with Crippen LogP contribution in [-0.2, 0) is 4.79 Å². The Bertz CT molecular complexity index is 1310. The van der Waals surface area contributed by atoms with Gasteiger partial charge in [0.1, 0.15) is 5.75 Å². The van der Waals surface area contributed by atoms with E-state index in [0.29, 0.717) is 16.9 Å². The summed E-state index contributed by atoms with van der Waals surface area (Å²) >= 11 is 0.839. The van der Waals surface area contributed by atoms with Gasteiger partial charge in [-0.05, 0) is 67.1 Å². The summed E-state index contributed by atoms with van der Waals surface area (Å²) in [5.74, 6) is -0.178. The summed E-state index contributed by atoms with van der Waals surface area (Å²) in [5, 5.41) is 1.86. The third-order valence-electron chi connectivity index (χ3n) is 5.60. The third-order valence-corrected chi connectivity index (χ3v) is 6.41. The number of ether oxygens (including phenoxy) is 1. The number of anilines is 1. The number of nitrogens with zero attached hydrogens (tertiary/aromatic N) is 1. The molecule has 1 aliphatic rings. The molecular weight excluding hydrogens is 460 g/mol. The van der Waals surface area contributed by atoms with Crippen molar-refractivity contribution in [1.29, 1.82) is 0 Å². The van der Waals surface area contributed by atoms with Gasteiger partial charge < -0.3 is 9.64 Å². The van der Waals surface area contributed by atoms with Crippen LogP contribution in [-0.4, -0.2) is 36.6 Å². The van der Waals surface area contributed by atoms with Crippen LogP contribution < -0.4 is 15.0 Å². The number of nitrogens with one attached hydrogen (secondary N) is 1. The molecule has 0 aliphatic carbocycles. The minimum absolute atomic E-state index is 0.164. The lowest BCUT2D eigenvalue weighted by molar-refractivity contribution is -0.115. The number of carbonyl (C=O) groups excluding carboxylic acids is 3. The number of rotatable bonds is 7. The molecule has 0 unspecified atom stereocenters. The predicted octanol–water partition coefficient (Wildman–Crippen LogP) is 5.78. The second-order valence-electron chi connectivity index (χ2n) is 8.85. The molecule has 1 fully saturated rings. The number of hydrogen-bond acceptors (Lipinski definition) is 6. The van der Waals surface area contributed by atoms with Crippen molar-refractivity contribution in [3.63, 3.8) is 0 Å². The molecule has 0 aromatic heterocycles. The number of imide groups is 1. The molecule has 2 amide bonds. The van der Waals surface area contributed by atoms with Crippen molar-refractivity contribution in [3.8, 4) is 16.9 Å². The topological polar surface area (TPSA) is 75.7 Å². The number of thioether (sulfide) groups is 1. The highest BCUT2D eigenvalue weighted by molar-refractivity contribution is 8.18. The van der Waals surface area contributed by atoms with Crippen LogP contribution in [0.25, 0.3) is 17.2 Å². The van der Waals surface area contributed by atoms with Crippen molar-refractivity contribution in [1.82, 2.24) is 5.32 Å². The summed E-state index contributed by atoms with van der Waals surface area (Å²) in [6.45, 7) is 3.43. The van der Waals surface area contributed by atoms with Crippen LogP contribution in [0.1, 0.15) is 29.8 Å². The highest BCUT2D eigenvalue weighted by Crippen LogP contribution is 2.35. The number of amides is 2. The maximum absolute atomic E-state index is 13.1. The Morgan fingerprint density at radius 1 is 0.943 bits per heavy atom. The van der Waals surface area contributed by atoms with Gasteiger partial charge in [-0.25, -0.2) is 0 Å². The van der Waals surface area contributed by atoms with E-state index in [1.54, 1.807) is 38.1 Å². The molecule has 3 aromatic rings. The van der Waals surface area contributed by atoms with Crippen LogP contribution in [0, 0.1) is 0 Å². The first-order valence-corrected chi connectivity index (χ1v) is 11.9. The minimum Gasteiger partial charge on any atom is -0.479 e. The average molecular weight is 487 g/mol. The number of hydrogen-bond donors (Lipinski definition) is 1. The molecule has 0 saturated carbocycles. The second-order valence-corrected chi connectivity index (χ2v) is 9.87. The molecule has 0 bridgehead atoms. The fraction of sp³-hybridized carbons (Fsp3) is 0.179. The lowest BCUT2D eigenvalue weighted by Crippen LogP contribution is -2.38. The van der Waals surface area contributed by atoms with Gasteiger partial charge in [0.05, 0.1) is 4.91 Å². The van der Waals surface area contributed by atoms with Crippen LogP contribution in [0.5, 0.6) is 5.75 Å². The molecule has 1 N–H and O–H groups in total. The fourth-order valence-corrected chi connectivity index (χ4v) is 4.38. The van der Waals surface area contributed by atoms with E-state index in [4.69, 9.17) is 4.74 Å². The van der Waals surface area contributed by atoms with Crippen molar-refractivity contribution < 1.29 is 19.1 Å². The van der Waals surface area contributed by atoms with Crippen molar-refractivity contribution in [2.75, 3.05) is 19.0 Å².